The molecule has 1 aromatic carbocycles. The summed E-state index contributed by atoms with van der Waals surface area (Å²) in [5.74, 6) is 0.866. The van der Waals surface area contributed by atoms with Gasteiger partial charge in [0.2, 0.25) is 5.91 Å². The maximum Gasteiger partial charge on any atom is 0.224 e. The van der Waals surface area contributed by atoms with Crippen LogP contribution in [0.15, 0.2) is 41.0 Å². The molecule has 2 rings (SSSR count). The molecule has 94 valence electrons. The largest absolute Gasteiger partial charge is 0.508 e. The van der Waals surface area contributed by atoms with E-state index in [1.807, 2.05) is 6.07 Å². The fourth-order valence-electron chi connectivity index (χ4n) is 1.60. The van der Waals surface area contributed by atoms with Crippen LogP contribution in [-0.4, -0.2) is 11.0 Å². The lowest BCUT2D eigenvalue weighted by Gasteiger charge is -2.06. The lowest BCUT2D eigenvalue weighted by atomic mass is 10.2. The third kappa shape index (κ3) is 3.13. The first kappa shape index (κ1) is 12.2. The minimum Gasteiger partial charge on any atom is -0.508 e. The fraction of sp³-hybridized carbons (Fsp3) is 0.214. The number of anilines is 1. The smallest absolute Gasteiger partial charge is 0.224 e. The molecule has 4 nitrogen and oxygen atoms in total. The Hall–Kier alpha value is -2.23. The summed E-state index contributed by atoms with van der Waals surface area (Å²) < 4.78 is 5.15. The average Bonchev–Trinajstić information content (AvgIpc) is 2.84. The van der Waals surface area contributed by atoms with Crippen molar-refractivity contribution in [3.8, 4) is 5.75 Å². The Labute approximate surface area is 105 Å². The van der Waals surface area contributed by atoms with Crippen LogP contribution in [0.25, 0.3) is 0 Å². The number of aromatic hydroxyl groups is 1. The molecule has 1 aromatic heterocycles. The zero-order valence-electron chi connectivity index (χ0n) is 10.1. The molecule has 2 N–H and O–H groups in total. The summed E-state index contributed by atoms with van der Waals surface area (Å²) >= 11 is 0. The summed E-state index contributed by atoms with van der Waals surface area (Å²) in [5, 5.41) is 12.3. The van der Waals surface area contributed by atoms with Crippen LogP contribution in [0.2, 0.25) is 0 Å². The van der Waals surface area contributed by atoms with Gasteiger partial charge >= 0.3 is 0 Å². The molecule has 4 heteroatoms. The van der Waals surface area contributed by atoms with Crippen LogP contribution in [0.5, 0.6) is 5.75 Å². The van der Waals surface area contributed by atoms with E-state index in [2.05, 4.69) is 5.32 Å². The number of amides is 1. The summed E-state index contributed by atoms with van der Waals surface area (Å²) in [7, 11) is 0. The minimum atomic E-state index is -0.102. The molecule has 0 saturated carbocycles. The normalized spacial score (nSPS) is 10.3. The van der Waals surface area contributed by atoms with Crippen LogP contribution >= 0.6 is 0 Å². The lowest BCUT2D eigenvalue weighted by Crippen LogP contribution is -2.12. The number of phenolic OH excluding ortho intramolecular Hbond substituents is 1. The van der Waals surface area contributed by atoms with Crippen LogP contribution < -0.4 is 5.32 Å². The first-order valence-corrected chi connectivity index (χ1v) is 5.77. The van der Waals surface area contributed by atoms with E-state index in [4.69, 9.17) is 4.42 Å². The summed E-state index contributed by atoms with van der Waals surface area (Å²) in [6.45, 7) is 1.80. The minimum absolute atomic E-state index is 0.102. The number of nitrogens with one attached hydrogen (secondary N) is 1. The molecule has 0 spiro atoms. The molecular formula is C14H15NO3. The molecule has 0 saturated heterocycles. The average molecular weight is 245 g/mol. The van der Waals surface area contributed by atoms with Gasteiger partial charge < -0.3 is 14.8 Å². The number of furan rings is 1. The van der Waals surface area contributed by atoms with Gasteiger partial charge in [0.05, 0.1) is 6.26 Å². The lowest BCUT2D eigenvalue weighted by molar-refractivity contribution is -0.116. The number of carbonyl (C=O) groups excluding carboxylic acids is 1. The molecule has 0 aliphatic carbocycles. The highest BCUT2D eigenvalue weighted by atomic mass is 16.3. The zero-order chi connectivity index (χ0) is 13.0. The summed E-state index contributed by atoms with van der Waals surface area (Å²) in [6.07, 6.45) is 2.50. The van der Waals surface area contributed by atoms with Crippen LogP contribution in [0.4, 0.5) is 5.69 Å². The number of hydrogen-bond donors (Lipinski definition) is 2. The van der Waals surface area contributed by atoms with Gasteiger partial charge in [-0.3, -0.25) is 4.79 Å². The predicted octanol–water partition coefficient (Wildman–Crippen LogP) is 2.86. The van der Waals surface area contributed by atoms with Gasteiger partial charge in [-0.15, -0.1) is 0 Å². The first-order valence-electron chi connectivity index (χ1n) is 5.77. The first-order chi connectivity index (χ1) is 8.65. The van der Waals surface area contributed by atoms with E-state index in [0.717, 1.165) is 11.3 Å². The Balaban J connectivity index is 1.88. The van der Waals surface area contributed by atoms with Crippen molar-refractivity contribution in [2.24, 2.45) is 0 Å². The molecular weight excluding hydrogens is 230 g/mol. The highest BCUT2D eigenvalue weighted by Gasteiger charge is 2.05. The van der Waals surface area contributed by atoms with E-state index in [9.17, 15) is 9.90 Å². The molecule has 0 aliphatic rings. The summed E-state index contributed by atoms with van der Waals surface area (Å²) in [4.78, 5) is 11.7. The van der Waals surface area contributed by atoms with E-state index in [1.165, 1.54) is 0 Å². The molecule has 0 bridgehead atoms. The van der Waals surface area contributed by atoms with E-state index in [1.54, 1.807) is 37.5 Å². The third-order valence-corrected chi connectivity index (χ3v) is 2.67. The Kier molecular flexibility index (Phi) is 3.67. The highest BCUT2D eigenvalue weighted by Crippen LogP contribution is 2.20. The molecule has 0 aliphatic heterocycles. The van der Waals surface area contributed by atoms with Crippen molar-refractivity contribution < 1.29 is 14.3 Å². The maximum absolute atomic E-state index is 11.7. The number of carbonyl (C=O) groups is 1. The van der Waals surface area contributed by atoms with Gasteiger partial charge in [-0.1, -0.05) is 6.07 Å². The van der Waals surface area contributed by atoms with Crippen molar-refractivity contribution in [1.82, 2.24) is 0 Å². The molecule has 0 radical (unpaired) electrons. The van der Waals surface area contributed by atoms with Gasteiger partial charge in [-0.2, -0.15) is 0 Å². The van der Waals surface area contributed by atoms with Crippen LogP contribution in [0.3, 0.4) is 0 Å². The SMILES string of the molecule is Cc1ccc(NC(=O)CCc2ccco2)cc1O. The van der Waals surface area contributed by atoms with Crippen LogP contribution in [0, 0.1) is 6.92 Å². The predicted molar refractivity (Wildman–Crippen MR) is 68.5 cm³/mol. The monoisotopic (exact) mass is 245 g/mol. The fourth-order valence-corrected chi connectivity index (χ4v) is 1.60. The second-order valence-electron chi connectivity index (χ2n) is 4.13. The number of phenols is 1. The second-order valence-corrected chi connectivity index (χ2v) is 4.13. The van der Waals surface area contributed by atoms with Gasteiger partial charge in [-0.05, 0) is 30.7 Å². The molecule has 0 fully saturated rings. The Morgan fingerprint density at radius 3 is 2.89 bits per heavy atom. The number of rotatable bonds is 4. The van der Waals surface area contributed by atoms with Crippen molar-refractivity contribution in [2.45, 2.75) is 19.8 Å². The standard InChI is InChI=1S/C14H15NO3/c1-10-4-5-11(9-13(10)16)15-14(17)7-6-12-3-2-8-18-12/h2-5,8-9,16H,6-7H2,1H3,(H,15,17). The highest BCUT2D eigenvalue weighted by molar-refractivity contribution is 5.91. The van der Waals surface area contributed by atoms with E-state index in [-0.39, 0.29) is 11.7 Å². The van der Waals surface area contributed by atoms with Crippen molar-refractivity contribution >= 4 is 11.6 Å². The molecule has 1 heterocycles. The van der Waals surface area contributed by atoms with Gasteiger partial charge in [0.15, 0.2) is 0 Å². The molecule has 2 aromatic rings. The zero-order valence-corrected chi connectivity index (χ0v) is 10.1. The van der Waals surface area contributed by atoms with Gasteiger partial charge in [0, 0.05) is 24.6 Å². The third-order valence-electron chi connectivity index (χ3n) is 2.67. The van der Waals surface area contributed by atoms with E-state index >= 15 is 0 Å². The summed E-state index contributed by atoms with van der Waals surface area (Å²) in [6, 6.07) is 8.70. The second kappa shape index (κ2) is 5.40. The molecule has 0 atom stereocenters. The van der Waals surface area contributed by atoms with Crippen LogP contribution in [0.1, 0.15) is 17.7 Å². The Morgan fingerprint density at radius 2 is 2.22 bits per heavy atom. The Bertz CT molecular complexity index is 532. The quantitative estimate of drug-likeness (QED) is 0.870. The topological polar surface area (TPSA) is 62.5 Å². The number of hydrogen-bond acceptors (Lipinski definition) is 3. The van der Waals surface area contributed by atoms with Crippen molar-refractivity contribution in [1.29, 1.82) is 0 Å². The van der Waals surface area contributed by atoms with Crippen molar-refractivity contribution in [2.75, 3.05) is 5.32 Å². The van der Waals surface area contributed by atoms with Gasteiger partial charge in [0.25, 0.3) is 0 Å². The Morgan fingerprint density at radius 1 is 1.39 bits per heavy atom. The van der Waals surface area contributed by atoms with Crippen molar-refractivity contribution in [3.63, 3.8) is 0 Å². The number of benzene rings is 1. The van der Waals surface area contributed by atoms with Gasteiger partial charge in [0.1, 0.15) is 11.5 Å². The maximum atomic E-state index is 11.7. The molecule has 18 heavy (non-hydrogen) atoms. The van der Waals surface area contributed by atoms with Crippen molar-refractivity contribution in [3.05, 3.63) is 47.9 Å². The van der Waals surface area contributed by atoms with E-state index < -0.39 is 0 Å². The van der Waals surface area contributed by atoms with Gasteiger partial charge in [-0.25, -0.2) is 0 Å². The van der Waals surface area contributed by atoms with E-state index in [0.29, 0.717) is 18.5 Å². The molecule has 0 unspecified atom stereocenters. The van der Waals surface area contributed by atoms with Crippen LogP contribution in [-0.2, 0) is 11.2 Å². The molecule has 1 amide bonds. The number of aryl methyl sites for hydroxylation is 2. The summed E-state index contributed by atoms with van der Waals surface area (Å²) in [5.41, 5.74) is 1.38.